The highest BCUT2D eigenvalue weighted by atomic mass is 35.5. The predicted octanol–water partition coefficient (Wildman–Crippen LogP) is 2.94. The number of benzene rings is 1. The Kier molecular flexibility index (Phi) is 11.5. The maximum Gasteiger partial charge on any atom is 0.422 e. The molecule has 0 saturated carbocycles. The van der Waals surface area contributed by atoms with E-state index in [1.165, 1.54) is 24.3 Å². The molecule has 13 nitrogen and oxygen atoms in total. The minimum atomic E-state index is -4.61. The van der Waals surface area contributed by atoms with E-state index in [1.54, 1.807) is 0 Å². The molecule has 8 N–H and O–H groups in total. The molecular weight excluding hydrogens is 595 g/mol. The SMILES string of the molecule is CC1C=C(CNc2nc(Nc3ccc(C(=O)NC(CCCN=C(N)N)C(=O)O)cc3)nc(OCC(F)(F)F)n2)C=CC1Cl. The van der Waals surface area contributed by atoms with E-state index in [4.69, 9.17) is 27.8 Å². The molecular formula is C26H31ClF3N9O4. The van der Waals surface area contributed by atoms with Gasteiger partial charge in [-0.3, -0.25) is 9.79 Å². The lowest BCUT2D eigenvalue weighted by Gasteiger charge is -2.18. The van der Waals surface area contributed by atoms with Crippen LogP contribution in [0, 0.1) is 5.92 Å². The fraction of sp³-hybridized carbons (Fsp3) is 0.385. The first-order valence-electron chi connectivity index (χ1n) is 13.0. The summed E-state index contributed by atoms with van der Waals surface area (Å²) in [5.41, 5.74) is 11.9. The topological polar surface area (TPSA) is 203 Å². The van der Waals surface area contributed by atoms with Crippen molar-refractivity contribution in [2.24, 2.45) is 22.4 Å². The molecule has 1 aliphatic rings. The molecule has 1 aliphatic carbocycles. The van der Waals surface area contributed by atoms with Gasteiger partial charge in [0.05, 0.1) is 5.38 Å². The number of aliphatic carboxylic acids is 1. The fourth-order valence-corrected chi connectivity index (χ4v) is 3.86. The summed E-state index contributed by atoms with van der Waals surface area (Å²) in [4.78, 5) is 40.0. The third kappa shape index (κ3) is 11.3. The molecule has 0 aliphatic heterocycles. The molecule has 43 heavy (non-hydrogen) atoms. The van der Waals surface area contributed by atoms with Crippen LogP contribution in [-0.2, 0) is 4.79 Å². The molecule has 3 unspecified atom stereocenters. The van der Waals surface area contributed by atoms with Gasteiger partial charge in [-0.1, -0.05) is 25.2 Å². The summed E-state index contributed by atoms with van der Waals surface area (Å²) in [7, 11) is 0. The summed E-state index contributed by atoms with van der Waals surface area (Å²) in [6, 6.07) is 4.09. The summed E-state index contributed by atoms with van der Waals surface area (Å²) < 4.78 is 43.0. The van der Waals surface area contributed by atoms with Gasteiger partial charge in [0.15, 0.2) is 12.6 Å². The van der Waals surface area contributed by atoms with Crippen molar-refractivity contribution in [1.82, 2.24) is 20.3 Å². The normalized spacial score (nSPS) is 16.9. The number of carboxylic acids is 1. The summed E-state index contributed by atoms with van der Waals surface area (Å²) in [5.74, 6) is -2.04. The summed E-state index contributed by atoms with van der Waals surface area (Å²) in [6.45, 7) is 0.823. The average molecular weight is 626 g/mol. The lowest BCUT2D eigenvalue weighted by Crippen LogP contribution is -2.40. The van der Waals surface area contributed by atoms with Crippen molar-refractivity contribution in [2.75, 3.05) is 30.3 Å². The number of carboxylic acid groups (broad SMARTS) is 1. The second-order valence-corrected chi connectivity index (χ2v) is 9.95. The van der Waals surface area contributed by atoms with Gasteiger partial charge in [0.2, 0.25) is 11.9 Å². The number of ether oxygens (including phenoxy) is 1. The Morgan fingerprint density at radius 1 is 1.16 bits per heavy atom. The lowest BCUT2D eigenvalue weighted by atomic mass is 9.97. The van der Waals surface area contributed by atoms with Crippen LogP contribution in [0.2, 0.25) is 0 Å². The van der Waals surface area contributed by atoms with E-state index in [2.05, 4.69) is 35.9 Å². The fourth-order valence-electron chi connectivity index (χ4n) is 3.71. The number of alkyl halides is 4. The van der Waals surface area contributed by atoms with E-state index in [-0.39, 0.29) is 54.2 Å². The van der Waals surface area contributed by atoms with Gasteiger partial charge in [-0.25, -0.2) is 4.79 Å². The lowest BCUT2D eigenvalue weighted by molar-refractivity contribution is -0.154. The molecule has 3 atom stereocenters. The number of anilines is 3. The Morgan fingerprint density at radius 2 is 1.86 bits per heavy atom. The van der Waals surface area contributed by atoms with E-state index in [1.807, 2.05) is 25.2 Å². The molecule has 0 spiro atoms. The number of aliphatic imine (C=N–C) groups is 1. The van der Waals surface area contributed by atoms with Crippen LogP contribution in [0.4, 0.5) is 30.8 Å². The summed E-state index contributed by atoms with van der Waals surface area (Å²) >= 11 is 6.18. The first kappa shape index (κ1) is 32.9. The Morgan fingerprint density at radius 3 is 2.49 bits per heavy atom. The van der Waals surface area contributed by atoms with Crippen LogP contribution in [0.15, 0.2) is 53.1 Å². The minimum absolute atomic E-state index is 0.0415. The number of nitrogens with one attached hydrogen (secondary N) is 3. The Hall–Kier alpha value is -4.60. The van der Waals surface area contributed by atoms with Gasteiger partial charge in [0.1, 0.15) is 6.04 Å². The highest BCUT2D eigenvalue weighted by Crippen LogP contribution is 2.23. The van der Waals surface area contributed by atoms with Crippen molar-refractivity contribution < 1.29 is 32.6 Å². The number of aromatic nitrogens is 3. The van der Waals surface area contributed by atoms with Crippen molar-refractivity contribution in [2.45, 2.75) is 37.4 Å². The zero-order valence-corrected chi connectivity index (χ0v) is 23.7. The summed E-state index contributed by atoms with van der Waals surface area (Å²) in [5, 5.41) is 17.5. The number of allylic oxidation sites excluding steroid dienone is 2. The molecule has 1 heterocycles. The molecule has 1 aromatic carbocycles. The van der Waals surface area contributed by atoms with Gasteiger partial charge in [0, 0.05) is 24.3 Å². The zero-order valence-electron chi connectivity index (χ0n) is 22.9. The third-order valence-electron chi connectivity index (χ3n) is 5.86. The number of rotatable bonds is 14. The number of amides is 1. The van der Waals surface area contributed by atoms with Gasteiger partial charge >= 0.3 is 18.2 Å². The maximum absolute atomic E-state index is 12.7. The highest BCUT2D eigenvalue weighted by Gasteiger charge is 2.29. The van der Waals surface area contributed by atoms with Crippen LogP contribution < -0.4 is 32.2 Å². The number of hydrogen-bond donors (Lipinski definition) is 6. The number of nitrogens with two attached hydrogens (primary N) is 2. The van der Waals surface area contributed by atoms with Crippen molar-refractivity contribution in [3.8, 4) is 6.01 Å². The first-order chi connectivity index (χ1) is 20.3. The van der Waals surface area contributed by atoms with Gasteiger partial charge < -0.3 is 37.3 Å². The Bertz CT molecular complexity index is 1370. The molecule has 2 aromatic rings. The second-order valence-electron chi connectivity index (χ2n) is 9.44. The van der Waals surface area contributed by atoms with Gasteiger partial charge in [0.25, 0.3) is 5.91 Å². The van der Waals surface area contributed by atoms with Crippen LogP contribution in [0.1, 0.15) is 30.1 Å². The van der Waals surface area contributed by atoms with E-state index in [9.17, 15) is 27.9 Å². The molecule has 1 amide bonds. The largest absolute Gasteiger partial charge is 0.480 e. The van der Waals surface area contributed by atoms with Crippen molar-refractivity contribution in [1.29, 1.82) is 0 Å². The van der Waals surface area contributed by atoms with Gasteiger partial charge in [-0.2, -0.15) is 28.1 Å². The number of carbonyl (C=O) groups excluding carboxylic acids is 1. The molecule has 1 aromatic heterocycles. The van der Waals surface area contributed by atoms with E-state index >= 15 is 0 Å². The van der Waals surface area contributed by atoms with Crippen LogP contribution >= 0.6 is 11.6 Å². The second kappa shape index (κ2) is 15.0. The van der Waals surface area contributed by atoms with Crippen molar-refractivity contribution in [3.05, 3.63) is 53.6 Å². The maximum atomic E-state index is 12.7. The standard InChI is InChI=1S/C26H31ClF3N9O4/c1-14-11-15(4-9-18(14)27)12-34-23-37-24(39-25(38-23)43-13-26(28,29)30)35-17-7-5-16(6-8-17)20(40)36-19(21(41)42)3-2-10-33-22(31)32/h4-9,11,14,18-19H,2-3,10,12-13H2,1H3,(H,36,40)(H,41,42)(H4,31,32,33)(H2,34,35,37,38,39). The molecule has 0 saturated heterocycles. The molecule has 0 radical (unpaired) electrons. The molecule has 232 valence electrons. The number of nitrogens with zero attached hydrogens (tertiary/aromatic N) is 4. The van der Waals surface area contributed by atoms with Crippen LogP contribution in [0.25, 0.3) is 0 Å². The van der Waals surface area contributed by atoms with E-state index in [0.29, 0.717) is 12.1 Å². The van der Waals surface area contributed by atoms with Gasteiger partial charge in [-0.05, 0) is 48.6 Å². The predicted molar refractivity (Wildman–Crippen MR) is 154 cm³/mol. The minimum Gasteiger partial charge on any atom is -0.480 e. The van der Waals surface area contributed by atoms with Crippen LogP contribution in [-0.4, -0.2) is 75.2 Å². The van der Waals surface area contributed by atoms with Crippen molar-refractivity contribution >= 4 is 47.0 Å². The van der Waals surface area contributed by atoms with Gasteiger partial charge in [-0.15, -0.1) is 11.6 Å². The van der Waals surface area contributed by atoms with E-state index in [0.717, 1.165) is 5.57 Å². The van der Waals surface area contributed by atoms with Crippen LogP contribution in [0.5, 0.6) is 6.01 Å². The molecule has 0 fully saturated rings. The first-order valence-corrected chi connectivity index (χ1v) is 13.4. The monoisotopic (exact) mass is 625 g/mol. The zero-order chi connectivity index (χ0) is 31.6. The molecule has 17 heteroatoms. The summed E-state index contributed by atoms with van der Waals surface area (Å²) in [6.07, 6.45) is 1.44. The number of halogens is 4. The van der Waals surface area contributed by atoms with E-state index < -0.39 is 36.7 Å². The smallest absolute Gasteiger partial charge is 0.422 e. The Labute approximate surface area is 249 Å². The quantitative estimate of drug-likeness (QED) is 0.0779. The number of hydrogen-bond acceptors (Lipinski definition) is 9. The third-order valence-corrected chi connectivity index (χ3v) is 6.40. The number of guanidine groups is 1. The van der Waals surface area contributed by atoms with Crippen molar-refractivity contribution in [3.63, 3.8) is 0 Å². The average Bonchev–Trinajstić information content (AvgIpc) is 2.94. The van der Waals surface area contributed by atoms with Crippen LogP contribution in [0.3, 0.4) is 0 Å². The Balaban J connectivity index is 1.69. The number of carbonyl (C=O) groups is 2. The molecule has 0 bridgehead atoms. The highest BCUT2D eigenvalue weighted by molar-refractivity contribution is 6.22. The molecule has 3 rings (SSSR count).